The Morgan fingerprint density at radius 2 is 2.11 bits per heavy atom. The number of aliphatic hydroxyl groups is 1. The normalized spacial score (nSPS) is 19.8. The molecular formula is C28H23ClN2O6S. The maximum absolute atomic E-state index is 13.4. The van der Waals surface area contributed by atoms with E-state index in [2.05, 4.69) is 11.6 Å². The number of rotatable bonds is 6. The average molecular weight is 551 g/mol. The van der Waals surface area contributed by atoms with Gasteiger partial charge in [-0.1, -0.05) is 47.7 Å². The standard InChI is InChI=1S/C28H23ClN2O6S/c1-4-10-36-27(35)25-15(3)30-28(38-25)31-22(16-6-5-7-19(29)13-16)21(24(33)26(31)34)23(32)17-8-9-20-18(12-17)11-14(2)37-20/h4-9,12-14,22,32H,1,10-11H2,2-3H3/b23-21+/t14-,22-/m1/s1. The topological polar surface area (TPSA) is 106 Å². The number of Topliss-reactive ketones (excluding diaryl/α,β-unsaturated/α-hetero) is 1. The molecule has 1 amide bonds. The van der Waals surface area contributed by atoms with Crippen molar-refractivity contribution in [2.45, 2.75) is 32.4 Å². The first kappa shape index (κ1) is 25.7. The fourth-order valence-corrected chi connectivity index (χ4v) is 5.81. The molecule has 1 saturated heterocycles. The number of carbonyl (C=O) groups is 3. The molecule has 2 aromatic carbocycles. The molecule has 0 spiro atoms. The van der Waals surface area contributed by atoms with E-state index >= 15 is 0 Å². The molecule has 38 heavy (non-hydrogen) atoms. The van der Waals surface area contributed by atoms with Crippen LogP contribution < -0.4 is 9.64 Å². The number of esters is 1. The van der Waals surface area contributed by atoms with Crippen LogP contribution in [0.4, 0.5) is 5.13 Å². The van der Waals surface area contributed by atoms with Crippen LogP contribution in [-0.4, -0.2) is 40.5 Å². The van der Waals surface area contributed by atoms with Crippen molar-refractivity contribution >= 4 is 51.5 Å². The summed E-state index contributed by atoms with van der Waals surface area (Å²) in [7, 11) is 0. The van der Waals surface area contributed by atoms with E-state index in [9.17, 15) is 19.5 Å². The van der Waals surface area contributed by atoms with Crippen molar-refractivity contribution < 1.29 is 29.0 Å². The van der Waals surface area contributed by atoms with Crippen LogP contribution in [0.15, 0.2) is 60.7 Å². The van der Waals surface area contributed by atoms with Gasteiger partial charge < -0.3 is 14.6 Å². The lowest BCUT2D eigenvalue weighted by atomic mass is 9.94. The van der Waals surface area contributed by atoms with Crippen LogP contribution in [0.1, 0.15) is 45.0 Å². The second-order valence-electron chi connectivity index (χ2n) is 8.98. The van der Waals surface area contributed by atoms with Crippen molar-refractivity contribution in [1.82, 2.24) is 4.98 Å². The summed E-state index contributed by atoms with van der Waals surface area (Å²) in [4.78, 5) is 45.2. The van der Waals surface area contributed by atoms with E-state index in [1.54, 1.807) is 49.4 Å². The zero-order valence-corrected chi connectivity index (χ0v) is 22.1. The Morgan fingerprint density at radius 3 is 2.84 bits per heavy atom. The van der Waals surface area contributed by atoms with Crippen molar-refractivity contribution in [3.8, 4) is 5.75 Å². The predicted molar refractivity (Wildman–Crippen MR) is 144 cm³/mol. The average Bonchev–Trinajstić information content (AvgIpc) is 3.54. The maximum atomic E-state index is 13.4. The number of amides is 1. The number of benzene rings is 2. The van der Waals surface area contributed by atoms with E-state index in [4.69, 9.17) is 21.1 Å². The van der Waals surface area contributed by atoms with Crippen LogP contribution in [0.3, 0.4) is 0 Å². The van der Waals surface area contributed by atoms with Crippen LogP contribution in [0, 0.1) is 6.92 Å². The molecule has 2 aliphatic heterocycles. The molecule has 0 bridgehead atoms. The number of ether oxygens (including phenoxy) is 2. The largest absolute Gasteiger partial charge is 0.507 e. The molecule has 2 atom stereocenters. The number of halogens is 1. The smallest absolute Gasteiger partial charge is 0.350 e. The summed E-state index contributed by atoms with van der Waals surface area (Å²) in [6.45, 7) is 7.11. The predicted octanol–water partition coefficient (Wildman–Crippen LogP) is 5.40. The number of aliphatic hydroxyl groups excluding tert-OH is 1. The number of fused-ring (bicyclic) bond motifs is 1. The van der Waals surface area contributed by atoms with Crippen molar-refractivity contribution in [3.63, 3.8) is 0 Å². The minimum absolute atomic E-state index is 0.0000508. The Kier molecular flexibility index (Phi) is 6.81. The van der Waals surface area contributed by atoms with E-state index < -0.39 is 23.7 Å². The first-order valence-corrected chi connectivity index (χ1v) is 13.0. The summed E-state index contributed by atoms with van der Waals surface area (Å²) in [5, 5.41) is 11.9. The highest BCUT2D eigenvalue weighted by atomic mass is 35.5. The quantitative estimate of drug-likeness (QED) is 0.144. The maximum Gasteiger partial charge on any atom is 0.350 e. The lowest BCUT2D eigenvalue weighted by Crippen LogP contribution is -2.29. The van der Waals surface area contributed by atoms with Gasteiger partial charge in [0.05, 0.1) is 17.3 Å². The summed E-state index contributed by atoms with van der Waals surface area (Å²) in [5.74, 6) is -1.97. The van der Waals surface area contributed by atoms with Crippen LogP contribution in [-0.2, 0) is 20.7 Å². The Labute approximate surface area is 227 Å². The van der Waals surface area contributed by atoms with Gasteiger partial charge in [0, 0.05) is 17.0 Å². The zero-order valence-electron chi connectivity index (χ0n) is 20.6. The SMILES string of the molecule is C=CCOC(=O)c1sc(N2C(=O)C(=O)/C(=C(/O)c3ccc4c(c3)C[C@@H](C)O4)[C@H]2c2cccc(Cl)c2)nc1C. The number of carbonyl (C=O) groups excluding carboxylic acids is 3. The lowest BCUT2D eigenvalue weighted by molar-refractivity contribution is -0.132. The number of hydrogen-bond donors (Lipinski definition) is 1. The van der Waals surface area contributed by atoms with Crippen LogP contribution in [0.2, 0.25) is 5.02 Å². The second kappa shape index (κ2) is 10.1. The molecule has 1 aromatic heterocycles. The van der Waals surface area contributed by atoms with Crippen LogP contribution in [0.25, 0.3) is 5.76 Å². The number of nitrogens with zero attached hydrogens (tertiary/aromatic N) is 2. The van der Waals surface area contributed by atoms with Gasteiger partial charge in [0.2, 0.25) is 0 Å². The van der Waals surface area contributed by atoms with Gasteiger partial charge in [0.25, 0.3) is 5.78 Å². The molecule has 1 N–H and O–H groups in total. The Hall–Kier alpha value is -3.95. The first-order valence-electron chi connectivity index (χ1n) is 11.8. The van der Waals surface area contributed by atoms with Gasteiger partial charge in [0.15, 0.2) is 5.13 Å². The van der Waals surface area contributed by atoms with E-state index in [0.29, 0.717) is 28.3 Å². The van der Waals surface area contributed by atoms with Gasteiger partial charge >= 0.3 is 11.9 Å². The van der Waals surface area contributed by atoms with Crippen molar-refractivity contribution in [2.24, 2.45) is 0 Å². The Morgan fingerprint density at radius 1 is 1.32 bits per heavy atom. The number of hydrogen-bond acceptors (Lipinski definition) is 8. The third-order valence-electron chi connectivity index (χ3n) is 6.29. The van der Waals surface area contributed by atoms with Crippen LogP contribution in [0.5, 0.6) is 5.75 Å². The molecule has 3 aromatic rings. The summed E-state index contributed by atoms with van der Waals surface area (Å²) in [5.41, 5.74) is 2.02. The van der Waals surface area contributed by atoms with E-state index in [1.165, 1.54) is 11.0 Å². The molecule has 0 radical (unpaired) electrons. The van der Waals surface area contributed by atoms with Gasteiger partial charge in [-0.15, -0.1) is 0 Å². The molecule has 0 unspecified atom stereocenters. The fourth-order valence-electron chi connectivity index (χ4n) is 4.62. The van der Waals surface area contributed by atoms with E-state index in [0.717, 1.165) is 22.6 Å². The molecule has 8 nitrogen and oxygen atoms in total. The minimum atomic E-state index is -1.03. The van der Waals surface area contributed by atoms with Gasteiger partial charge in [-0.25, -0.2) is 9.78 Å². The highest BCUT2D eigenvalue weighted by Crippen LogP contribution is 2.45. The number of aromatic nitrogens is 1. The van der Waals surface area contributed by atoms with Crippen LogP contribution >= 0.6 is 22.9 Å². The molecule has 10 heteroatoms. The third-order valence-corrected chi connectivity index (χ3v) is 7.66. The molecule has 5 rings (SSSR count). The lowest BCUT2D eigenvalue weighted by Gasteiger charge is -2.23. The second-order valence-corrected chi connectivity index (χ2v) is 10.4. The molecule has 194 valence electrons. The molecule has 0 aliphatic carbocycles. The van der Waals surface area contributed by atoms with Gasteiger partial charge in [-0.05, 0) is 55.3 Å². The summed E-state index contributed by atoms with van der Waals surface area (Å²) in [6.07, 6.45) is 2.10. The number of aryl methyl sites for hydroxylation is 1. The summed E-state index contributed by atoms with van der Waals surface area (Å²) in [6, 6.07) is 10.8. The monoisotopic (exact) mass is 550 g/mol. The zero-order chi connectivity index (χ0) is 27.1. The van der Waals surface area contributed by atoms with Gasteiger partial charge in [0.1, 0.15) is 29.1 Å². The molecule has 1 fully saturated rings. The Bertz CT molecular complexity index is 1530. The third kappa shape index (κ3) is 4.48. The number of thiazole rings is 1. The summed E-state index contributed by atoms with van der Waals surface area (Å²) < 4.78 is 10.9. The molecule has 3 heterocycles. The van der Waals surface area contributed by atoms with E-state index in [-0.39, 0.29) is 34.1 Å². The van der Waals surface area contributed by atoms with Crippen molar-refractivity contribution in [1.29, 1.82) is 0 Å². The van der Waals surface area contributed by atoms with E-state index in [1.807, 2.05) is 6.92 Å². The van der Waals surface area contributed by atoms with Crippen molar-refractivity contribution in [3.05, 3.63) is 93.0 Å². The van der Waals surface area contributed by atoms with Crippen molar-refractivity contribution in [2.75, 3.05) is 11.5 Å². The fraction of sp³-hybridized carbons (Fsp3) is 0.214. The summed E-state index contributed by atoms with van der Waals surface area (Å²) >= 11 is 7.20. The number of anilines is 1. The molecule has 2 aliphatic rings. The van der Waals surface area contributed by atoms with Gasteiger partial charge in [-0.3, -0.25) is 14.5 Å². The highest BCUT2D eigenvalue weighted by Gasteiger charge is 2.48. The number of ketones is 1. The molecular weight excluding hydrogens is 528 g/mol. The first-order chi connectivity index (χ1) is 18.2. The Balaban J connectivity index is 1.65. The highest BCUT2D eigenvalue weighted by molar-refractivity contribution is 7.17. The minimum Gasteiger partial charge on any atom is -0.507 e. The molecule has 0 saturated carbocycles. The van der Waals surface area contributed by atoms with Gasteiger partial charge in [-0.2, -0.15) is 0 Å².